The van der Waals surface area contributed by atoms with Crippen LogP contribution >= 0.6 is 22.9 Å². The maximum absolute atomic E-state index is 13.4. The zero-order valence-electron chi connectivity index (χ0n) is 21.1. The van der Waals surface area contributed by atoms with Gasteiger partial charge in [-0.05, 0) is 55.7 Å². The summed E-state index contributed by atoms with van der Waals surface area (Å²) in [5.74, 6) is -3.52. The molecular formula is C25H23ClF3N3O6S2. The third kappa shape index (κ3) is 6.67. The number of aromatic nitrogens is 1. The van der Waals surface area contributed by atoms with E-state index in [-0.39, 0.29) is 27.5 Å². The summed E-state index contributed by atoms with van der Waals surface area (Å²) in [6, 6.07) is 7.47. The standard InChI is InChI=1S/C25H23ClF3N3O6S2/c1-13-21(39-24(30-13)31-22(33)14-5-3-4-6-14)15-7-10-18(37-2)20(11-15)40(35,36)32-17-9-8-16(26)12-19(17)38-23(34)25(27,28)29/h7-12,14,32H,3-6H2,1-2H3,(H,30,31,33). The van der Waals surface area contributed by atoms with Crippen LogP contribution in [0.4, 0.5) is 24.0 Å². The maximum Gasteiger partial charge on any atom is 0.491 e. The first-order valence-electron chi connectivity index (χ1n) is 11.9. The van der Waals surface area contributed by atoms with Crippen LogP contribution in [0.2, 0.25) is 5.02 Å². The van der Waals surface area contributed by atoms with Crippen molar-refractivity contribution in [2.24, 2.45) is 5.92 Å². The van der Waals surface area contributed by atoms with Gasteiger partial charge in [-0.1, -0.05) is 35.8 Å². The highest BCUT2D eigenvalue weighted by molar-refractivity contribution is 7.92. The van der Waals surface area contributed by atoms with E-state index in [1.165, 1.54) is 36.6 Å². The van der Waals surface area contributed by atoms with Crippen molar-refractivity contribution in [2.75, 3.05) is 17.1 Å². The minimum atomic E-state index is -5.32. The quantitative estimate of drug-likeness (QED) is 0.229. The molecule has 214 valence electrons. The Labute approximate surface area is 236 Å². The minimum Gasteiger partial charge on any atom is -0.495 e. The van der Waals surface area contributed by atoms with Gasteiger partial charge in [-0.2, -0.15) is 13.2 Å². The zero-order valence-corrected chi connectivity index (χ0v) is 23.5. The van der Waals surface area contributed by atoms with Crippen molar-refractivity contribution in [3.05, 3.63) is 47.1 Å². The van der Waals surface area contributed by atoms with Gasteiger partial charge in [0.15, 0.2) is 10.9 Å². The Morgan fingerprint density at radius 3 is 2.45 bits per heavy atom. The van der Waals surface area contributed by atoms with Crippen molar-refractivity contribution in [3.63, 3.8) is 0 Å². The second-order valence-corrected chi connectivity index (χ2v) is 12.0. The molecule has 9 nitrogen and oxygen atoms in total. The minimum absolute atomic E-state index is 0.0593. The van der Waals surface area contributed by atoms with Gasteiger partial charge in [-0.25, -0.2) is 18.2 Å². The molecule has 1 heterocycles. The second kappa shape index (κ2) is 11.6. The van der Waals surface area contributed by atoms with E-state index in [1.54, 1.807) is 13.0 Å². The molecule has 0 aliphatic heterocycles. The topological polar surface area (TPSA) is 124 Å². The Bertz CT molecular complexity index is 1550. The first-order valence-corrected chi connectivity index (χ1v) is 14.5. The predicted octanol–water partition coefficient (Wildman–Crippen LogP) is 6.18. The number of halogens is 4. The van der Waals surface area contributed by atoms with Gasteiger partial charge in [-0.15, -0.1) is 0 Å². The van der Waals surface area contributed by atoms with Gasteiger partial charge in [0.25, 0.3) is 10.0 Å². The van der Waals surface area contributed by atoms with Crippen molar-refractivity contribution in [1.82, 2.24) is 4.98 Å². The molecule has 0 atom stereocenters. The van der Waals surface area contributed by atoms with Crippen LogP contribution in [-0.2, 0) is 19.6 Å². The number of esters is 1. The fourth-order valence-corrected chi connectivity index (χ4v) is 6.56. The number of carbonyl (C=O) groups is 2. The van der Waals surface area contributed by atoms with Crippen LogP contribution in [0.25, 0.3) is 10.4 Å². The number of ether oxygens (including phenoxy) is 2. The fraction of sp³-hybridized carbons (Fsp3) is 0.320. The van der Waals surface area contributed by atoms with E-state index >= 15 is 0 Å². The zero-order chi connectivity index (χ0) is 29.2. The molecule has 0 bridgehead atoms. The average molecular weight is 618 g/mol. The molecule has 3 aromatic rings. The van der Waals surface area contributed by atoms with E-state index in [0.717, 1.165) is 37.8 Å². The predicted molar refractivity (Wildman–Crippen MR) is 143 cm³/mol. The first kappa shape index (κ1) is 29.6. The molecule has 1 amide bonds. The van der Waals surface area contributed by atoms with E-state index < -0.39 is 33.6 Å². The number of hydrogen-bond acceptors (Lipinski definition) is 8. The molecule has 1 saturated carbocycles. The molecule has 2 N–H and O–H groups in total. The number of aryl methyl sites for hydroxylation is 1. The number of alkyl halides is 3. The molecule has 0 radical (unpaired) electrons. The van der Waals surface area contributed by atoms with Crippen molar-refractivity contribution < 1.29 is 40.7 Å². The van der Waals surface area contributed by atoms with Crippen LogP contribution in [0.5, 0.6) is 11.5 Å². The summed E-state index contributed by atoms with van der Waals surface area (Å²) in [5, 5.41) is 3.11. The van der Waals surface area contributed by atoms with Crippen molar-refractivity contribution in [2.45, 2.75) is 43.7 Å². The third-order valence-electron chi connectivity index (χ3n) is 6.09. The lowest BCUT2D eigenvalue weighted by molar-refractivity contribution is -0.189. The van der Waals surface area contributed by atoms with Gasteiger partial charge in [-0.3, -0.25) is 9.52 Å². The van der Waals surface area contributed by atoms with Crippen LogP contribution < -0.4 is 19.5 Å². The number of anilines is 2. The van der Waals surface area contributed by atoms with Gasteiger partial charge in [0.2, 0.25) is 5.91 Å². The summed E-state index contributed by atoms with van der Waals surface area (Å²) in [6.45, 7) is 1.71. The lowest BCUT2D eigenvalue weighted by Gasteiger charge is -2.16. The Kier molecular flexibility index (Phi) is 8.61. The maximum atomic E-state index is 13.4. The monoisotopic (exact) mass is 617 g/mol. The largest absolute Gasteiger partial charge is 0.495 e. The Morgan fingerprint density at radius 1 is 1.10 bits per heavy atom. The van der Waals surface area contributed by atoms with E-state index in [9.17, 15) is 31.2 Å². The van der Waals surface area contributed by atoms with Crippen molar-refractivity contribution >= 4 is 55.7 Å². The number of methoxy groups -OCH3 is 1. The lowest BCUT2D eigenvalue weighted by atomic mass is 10.1. The number of nitrogens with one attached hydrogen (secondary N) is 2. The lowest BCUT2D eigenvalue weighted by Crippen LogP contribution is -2.28. The summed E-state index contributed by atoms with van der Waals surface area (Å²) in [4.78, 5) is 28.6. The number of rotatable bonds is 8. The average Bonchev–Trinajstić information content (AvgIpc) is 3.55. The summed E-state index contributed by atoms with van der Waals surface area (Å²) in [5.41, 5.74) is 0.532. The van der Waals surface area contributed by atoms with Crippen molar-refractivity contribution in [1.29, 1.82) is 0 Å². The summed E-state index contributed by atoms with van der Waals surface area (Å²) >= 11 is 7.00. The normalized spacial score (nSPS) is 14.2. The molecule has 1 aliphatic rings. The van der Waals surface area contributed by atoms with E-state index in [2.05, 4.69) is 19.8 Å². The second-order valence-electron chi connectivity index (χ2n) is 8.90. The smallest absolute Gasteiger partial charge is 0.491 e. The van der Waals surface area contributed by atoms with E-state index in [0.29, 0.717) is 21.3 Å². The molecule has 15 heteroatoms. The number of thiazole rings is 1. The number of hydrogen-bond donors (Lipinski definition) is 2. The number of benzene rings is 2. The molecule has 2 aromatic carbocycles. The number of sulfonamides is 1. The third-order valence-corrected chi connectivity index (χ3v) is 8.83. The molecule has 0 unspecified atom stereocenters. The molecular weight excluding hydrogens is 595 g/mol. The number of carbonyl (C=O) groups excluding carboxylic acids is 2. The highest BCUT2D eigenvalue weighted by Gasteiger charge is 2.42. The van der Waals surface area contributed by atoms with Gasteiger partial charge in [0.05, 0.1) is 23.4 Å². The summed E-state index contributed by atoms with van der Waals surface area (Å²) in [7, 11) is -3.25. The molecule has 1 fully saturated rings. The summed E-state index contributed by atoms with van der Waals surface area (Å²) in [6.07, 6.45) is -1.68. The highest BCUT2D eigenvalue weighted by Crippen LogP contribution is 2.39. The van der Waals surface area contributed by atoms with Crippen molar-refractivity contribution in [3.8, 4) is 21.9 Å². The van der Waals surface area contributed by atoms with E-state index in [1.807, 2.05) is 0 Å². The Hall–Kier alpha value is -3.36. The van der Waals surface area contributed by atoms with Crippen LogP contribution in [-0.4, -0.2) is 38.6 Å². The van der Waals surface area contributed by atoms with Crippen LogP contribution in [0.15, 0.2) is 41.3 Å². The Balaban J connectivity index is 1.65. The SMILES string of the molecule is COc1ccc(-c2sc(NC(=O)C3CCCC3)nc2C)cc1S(=O)(=O)Nc1ccc(Cl)cc1OC(=O)C(F)(F)F. The molecule has 1 aromatic heterocycles. The van der Waals surface area contributed by atoms with Gasteiger partial charge < -0.3 is 14.8 Å². The molecule has 1 aliphatic carbocycles. The highest BCUT2D eigenvalue weighted by atomic mass is 35.5. The molecule has 0 spiro atoms. The molecule has 0 saturated heterocycles. The summed E-state index contributed by atoms with van der Waals surface area (Å²) < 4.78 is 76.8. The Morgan fingerprint density at radius 2 is 1.80 bits per heavy atom. The van der Waals surface area contributed by atoms with Crippen LogP contribution in [0, 0.1) is 12.8 Å². The molecule has 40 heavy (non-hydrogen) atoms. The van der Waals surface area contributed by atoms with Crippen LogP contribution in [0.1, 0.15) is 31.4 Å². The molecule has 4 rings (SSSR count). The van der Waals surface area contributed by atoms with Gasteiger partial charge >= 0.3 is 12.1 Å². The van der Waals surface area contributed by atoms with E-state index in [4.69, 9.17) is 16.3 Å². The first-order chi connectivity index (χ1) is 18.8. The number of amides is 1. The fourth-order valence-electron chi connectivity index (χ4n) is 4.16. The van der Waals surface area contributed by atoms with Gasteiger partial charge in [0, 0.05) is 17.0 Å². The van der Waals surface area contributed by atoms with Crippen LogP contribution in [0.3, 0.4) is 0 Å². The van der Waals surface area contributed by atoms with Gasteiger partial charge in [0.1, 0.15) is 10.6 Å². The number of nitrogens with zero attached hydrogens (tertiary/aromatic N) is 1.